The number of piperidine rings is 1. The third-order valence-electron chi connectivity index (χ3n) is 8.12. The molecular weight excluding hydrogens is 428 g/mol. The highest BCUT2D eigenvalue weighted by Crippen LogP contribution is 2.38. The monoisotopic (exact) mass is 466 g/mol. The molecule has 1 aliphatic carbocycles. The van der Waals surface area contributed by atoms with Crippen molar-refractivity contribution in [3.63, 3.8) is 0 Å². The average molecular weight is 467 g/mol. The highest BCUT2D eigenvalue weighted by Gasteiger charge is 2.36. The van der Waals surface area contributed by atoms with Gasteiger partial charge < -0.3 is 4.90 Å². The molecule has 0 radical (unpaired) electrons. The maximum absolute atomic E-state index is 13.8. The molecule has 1 saturated heterocycles. The summed E-state index contributed by atoms with van der Waals surface area (Å²) in [5, 5.41) is 0. The van der Waals surface area contributed by atoms with Crippen LogP contribution in [0.2, 0.25) is 0 Å². The fraction of sp³-hybridized carbons (Fsp3) is 0.406. The summed E-state index contributed by atoms with van der Waals surface area (Å²) < 4.78 is 0. The van der Waals surface area contributed by atoms with E-state index in [1.54, 1.807) is 0 Å². The third-order valence-corrected chi connectivity index (χ3v) is 8.12. The quantitative estimate of drug-likeness (QED) is 0.399. The lowest BCUT2D eigenvalue weighted by Crippen LogP contribution is -2.51. The van der Waals surface area contributed by atoms with Crippen LogP contribution >= 0.6 is 0 Å². The van der Waals surface area contributed by atoms with E-state index in [4.69, 9.17) is 0 Å². The molecule has 3 aromatic rings. The molecule has 1 aliphatic heterocycles. The van der Waals surface area contributed by atoms with Gasteiger partial charge in [0, 0.05) is 36.4 Å². The number of hydrogen-bond donors (Lipinski definition) is 0. The molecule has 0 aromatic heterocycles. The van der Waals surface area contributed by atoms with Crippen molar-refractivity contribution in [1.29, 1.82) is 0 Å². The van der Waals surface area contributed by atoms with Gasteiger partial charge in [-0.1, -0.05) is 78.6 Å². The van der Waals surface area contributed by atoms with Gasteiger partial charge in [0.2, 0.25) is 0 Å². The van der Waals surface area contributed by atoms with Crippen molar-refractivity contribution in [2.24, 2.45) is 0 Å². The second-order valence-electron chi connectivity index (χ2n) is 10.5. The maximum Gasteiger partial charge on any atom is 0.258 e. The summed E-state index contributed by atoms with van der Waals surface area (Å²) in [6.45, 7) is 6.28. The van der Waals surface area contributed by atoms with Crippen LogP contribution in [0.25, 0.3) is 0 Å². The molecule has 1 amide bonds. The molecule has 0 bridgehead atoms. The van der Waals surface area contributed by atoms with Crippen LogP contribution in [-0.4, -0.2) is 36.0 Å². The van der Waals surface area contributed by atoms with Crippen molar-refractivity contribution >= 4 is 11.6 Å². The summed E-state index contributed by atoms with van der Waals surface area (Å²) in [4.78, 5) is 18.6. The zero-order valence-electron chi connectivity index (χ0n) is 21.2. The number of rotatable bonds is 5. The second-order valence-corrected chi connectivity index (χ2v) is 10.5. The van der Waals surface area contributed by atoms with Gasteiger partial charge in [-0.15, -0.1) is 0 Å². The number of carbonyl (C=O) groups excluding carboxylic acids is 1. The van der Waals surface area contributed by atoms with Crippen molar-refractivity contribution < 1.29 is 4.79 Å². The summed E-state index contributed by atoms with van der Waals surface area (Å²) in [5.41, 5.74) is 5.68. The highest BCUT2D eigenvalue weighted by atomic mass is 16.2. The summed E-state index contributed by atoms with van der Waals surface area (Å²) >= 11 is 0. The number of amides is 1. The number of benzene rings is 3. The number of nitrogens with zero attached hydrogens (tertiary/aromatic N) is 2. The minimum Gasteiger partial charge on any atom is -0.305 e. The molecule has 2 aliphatic rings. The molecule has 0 unspecified atom stereocenters. The van der Waals surface area contributed by atoms with Crippen LogP contribution in [0.4, 0.5) is 5.69 Å². The lowest BCUT2D eigenvalue weighted by molar-refractivity contribution is 0.0895. The van der Waals surface area contributed by atoms with E-state index in [9.17, 15) is 4.79 Å². The van der Waals surface area contributed by atoms with E-state index in [1.165, 1.54) is 42.4 Å². The summed E-state index contributed by atoms with van der Waals surface area (Å²) in [6, 6.07) is 28.4. The zero-order valence-corrected chi connectivity index (χ0v) is 21.2. The van der Waals surface area contributed by atoms with Gasteiger partial charge in [-0.3, -0.25) is 9.69 Å². The van der Waals surface area contributed by atoms with Crippen LogP contribution in [0.15, 0.2) is 78.9 Å². The Balaban J connectivity index is 1.34. The highest BCUT2D eigenvalue weighted by molar-refractivity contribution is 6.06. The van der Waals surface area contributed by atoms with Gasteiger partial charge in [0.05, 0.1) is 0 Å². The Labute approximate surface area is 210 Å². The Kier molecular flexibility index (Phi) is 7.34. The Morgan fingerprint density at radius 1 is 0.743 bits per heavy atom. The van der Waals surface area contributed by atoms with Gasteiger partial charge in [0.1, 0.15) is 0 Å². The number of aryl methyl sites for hydroxylation is 2. The first-order valence-corrected chi connectivity index (χ1v) is 13.4. The van der Waals surface area contributed by atoms with E-state index in [1.807, 2.05) is 24.3 Å². The number of hydrogen-bond acceptors (Lipinski definition) is 2. The van der Waals surface area contributed by atoms with E-state index in [0.29, 0.717) is 12.0 Å². The molecule has 182 valence electrons. The molecule has 1 saturated carbocycles. The van der Waals surface area contributed by atoms with Crippen molar-refractivity contribution in [1.82, 2.24) is 4.90 Å². The summed E-state index contributed by atoms with van der Waals surface area (Å²) in [5.74, 6) is 0.746. The Morgan fingerprint density at radius 3 is 2.00 bits per heavy atom. The van der Waals surface area contributed by atoms with Crippen LogP contribution in [0.5, 0.6) is 0 Å². The Bertz CT molecular complexity index is 1100. The predicted molar refractivity (Wildman–Crippen MR) is 145 cm³/mol. The van der Waals surface area contributed by atoms with Crippen LogP contribution in [0.3, 0.4) is 0 Å². The molecule has 3 aromatic carbocycles. The minimum atomic E-state index is 0.118. The molecule has 2 fully saturated rings. The van der Waals surface area contributed by atoms with E-state index in [-0.39, 0.29) is 11.9 Å². The molecule has 5 rings (SSSR count). The van der Waals surface area contributed by atoms with Gasteiger partial charge >= 0.3 is 0 Å². The normalized spacial score (nSPS) is 21.5. The molecule has 0 N–H and O–H groups in total. The van der Waals surface area contributed by atoms with Gasteiger partial charge in [0.15, 0.2) is 0 Å². The largest absolute Gasteiger partial charge is 0.305 e. The minimum absolute atomic E-state index is 0.118. The third kappa shape index (κ3) is 5.36. The van der Waals surface area contributed by atoms with E-state index >= 15 is 0 Å². The van der Waals surface area contributed by atoms with Crippen molar-refractivity contribution in [3.8, 4) is 0 Å². The SMILES string of the molecule is Cc1ccc(C(=O)N(c2ccc(C)cc2)C2CCN([C@@H]3CCCC[C@@H]3c3ccccc3)CC2)cc1. The van der Waals surface area contributed by atoms with Crippen molar-refractivity contribution in [2.45, 2.75) is 70.4 Å². The topological polar surface area (TPSA) is 23.6 Å². The standard InChI is InChI=1S/C32H38N2O/c1-24-12-16-27(17-13-24)32(35)34(28-18-14-25(2)15-19-28)29-20-22-33(23-21-29)31-11-7-6-10-30(31)26-8-4-3-5-9-26/h3-5,8-9,12-19,29-31H,6-7,10-11,20-23H2,1-2H3/t30-,31-/m1/s1. The average Bonchev–Trinajstić information content (AvgIpc) is 2.91. The molecule has 0 spiro atoms. The predicted octanol–water partition coefficient (Wildman–Crippen LogP) is 7.14. The van der Waals surface area contributed by atoms with Gasteiger partial charge in [-0.2, -0.15) is 0 Å². The first-order chi connectivity index (χ1) is 17.1. The van der Waals surface area contributed by atoms with Crippen molar-refractivity contribution in [3.05, 3.63) is 101 Å². The van der Waals surface area contributed by atoms with Gasteiger partial charge in [0.25, 0.3) is 5.91 Å². The van der Waals surface area contributed by atoms with Crippen LogP contribution < -0.4 is 4.90 Å². The maximum atomic E-state index is 13.8. The lowest BCUT2D eigenvalue weighted by atomic mass is 9.78. The summed E-state index contributed by atoms with van der Waals surface area (Å²) in [7, 11) is 0. The van der Waals surface area contributed by atoms with E-state index in [2.05, 4.69) is 78.2 Å². The Hall–Kier alpha value is -2.91. The van der Waals surface area contributed by atoms with Crippen LogP contribution in [0.1, 0.15) is 71.5 Å². The molecule has 2 atom stereocenters. The lowest BCUT2D eigenvalue weighted by Gasteiger charge is -2.45. The van der Waals surface area contributed by atoms with Crippen LogP contribution in [-0.2, 0) is 0 Å². The van der Waals surface area contributed by atoms with Crippen LogP contribution in [0, 0.1) is 13.8 Å². The molecule has 3 nitrogen and oxygen atoms in total. The van der Waals surface area contributed by atoms with Crippen molar-refractivity contribution in [2.75, 3.05) is 18.0 Å². The fourth-order valence-electron chi connectivity index (χ4n) is 6.15. The van der Waals surface area contributed by atoms with Gasteiger partial charge in [-0.05, 0) is 75.3 Å². The fourth-order valence-corrected chi connectivity index (χ4v) is 6.15. The van der Waals surface area contributed by atoms with E-state index < -0.39 is 0 Å². The first kappa shape index (κ1) is 23.8. The molecule has 3 heteroatoms. The molecule has 1 heterocycles. The van der Waals surface area contributed by atoms with Gasteiger partial charge in [-0.25, -0.2) is 0 Å². The molecule has 35 heavy (non-hydrogen) atoms. The van der Waals surface area contributed by atoms with E-state index in [0.717, 1.165) is 37.2 Å². The molecular formula is C32H38N2O. The number of carbonyl (C=O) groups is 1. The number of likely N-dealkylation sites (tertiary alicyclic amines) is 1. The zero-order chi connectivity index (χ0) is 24.2. The smallest absolute Gasteiger partial charge is 0.258 e. The number of anilines is 1. The Morgan fingerprint density at radius 2 is 1.34 bits per heavy atom. The second kappa shape index (κ2) is 10.8. The first-order valence-electron chi connectivity index (χ1n) is 13.4. The summed E-state index contributed by atoms with van der Waals surface area (Å²) in [6.07, 6.45) is 7.27.